The fourth-order valence-corrected chi connectivity index (χ4v) is 2.23. The Hall–Kier alpha value is -1.26. The number of carbonyl (C=O) groups is 1. The van der Waals surface area contributed by atoms with Crippen LogP contribution in [0.1, 0.15) is 23.2 Å². The summed E-state index contributed by atoms with van der Waals surface area (Å²) in [6.07, 6.45) is 1.94. The lowest BCUT2D eigenvalue weighted by atomic mass is 9.87. The Bertz CT molecular complexity index is 456. The van der Waals surface area contributed by atoms with Gasteiger partial charge in [0.2, 0.25) is 0 Å². The molecule has 0 radical (unpaired) electrons. The van der Waals surface area contributed by atoms with E-state index in [2.05, 4.69) is 5.32 Å². The lowest BCUT2D eigenvalue weighted by Gasteiger charge is -2.34. The van der Waals surface area contributed by atoms with Gasteiger partial charge in [0.1, 0.15) is 0 Å². The van der Waals surface area contributed by atoms with Gasteiger partial charge in [-0.3, -0.25) is 4.79 Å². The molecule has 1 aliphatic carbocycles. The van der Waals surface area contributed by atoms with E-state index in [0.717, 1.165) is 18.5 Å². The number of nitrogens with one attached hydrogen (secondary N) is 1. The Balaban J connectivity index is 2.13. The normalized spacial score (nSPS) is 22.2. The van der Waals surface area contributed by atoms with E-state index in [1.54, 1.807) is 26.2 Å². The van der Waals surface area contributed by atoms with Crippen LogP contribution in [-0.4, -0.2) is 37.0 Å². The smallest absolute Gasteiger partial charge is 0.254 e. The maximum atomic E-state index is 11.9. The molecule has 1 saturated carbocycles. The van der Waals surface area contributed by atoms with Crippen LogP contribution in [0.3, 0.4) is 0 Å². The Morgan fingerprint density at radius 3 is 2.67 bits per heavy atom. The fraction of sp³-hybridized carbons (Fsp3) is 0.462. The number of nitrogens with zero attached hydrogens (tertiary/aromatic N) is 1. The molecule has 2 rings (SSSR count). The highest BCUT2D eigenvalue weighted by Gasteiger charge is 2.25. The number of benzene rings is 1. The lowest BCUT2D eigenvalue weighted by Crippen LogP contribution is -2.44. The van der Waals surface area contributed by atoms with E-state index in [0.29, 0.717) is 22.7 Å². The highest BCUT2D eigenvalue weighted by Crippen LogP contribution is 2.26. The quantitative estimate of drug-likeness (QED) is 0.880. The van der Waals surface area contributed by atoms with Crippen LogP contribution < -0.4 is 11.1 Å². The van der Waals surface area contributed by atoms with Crippen LogP contribution in [-0.2, 0) is 0 Å². The zero-order chi connectivity index (χ0) is 13.3. The van der Waals surface area contributed by atoms with E-state index in [4.69, 9.17) is 17.3 Å². The molecule has 5 heteroatoms. The van der Waals surface area contributed by atoms with Crippen molar-refractivity contribution in [3.63, 3.8) is 0 Å². The first-order valence-electron chi connectivity index (χ1n) is 6.00. The van der Waals surface area contributed by atoms with E-state index in [-0.39, 0.29) is 5.91 Å². The molecule has 0 unspecified atom stereocenters. The largest absolute Gasteiger partial charge is 0.382 e. The topological polar surface area (TPSA) is 58.4 Å². The van der Waals surface area contributed by atoms with Crippen molar-refractivity contribution in [3.05, 3.63) is 28.8 Å². The average Bonchev–Trinajstić information content (AvgIpc) is 2.28. The Morgan fingerprint density at radius 1 is 1.44 bits per heavy atom. The summed E-state index contributed by atoms with van der Waals surface area (Å²) in [6, 6.07) is 6.15. The van der Waals surface area contributed by atoms with Crippen LogP contribution in [0.4, 0.5) is 5.69 Å². The van der Waals surface area contributed by atoms with Crippen molar-refractivity contribution in [2.45, 2.75) is 24.9 Å². The van der Waals surface area contributed by atoms with Gasteiger partial charge in [0.25, 0.3) is 5.91 Å². The summed E-state index contributed by atoms with van der Waals surface area (Å²) in [6.45, 7) is 0. The lowest BCUT2D eigenvalue weighted by molar-refractivity contribution is 0.0828. The van der Waals surface area contributed by atoms with Gasteiger partial charge < -0.3 is 16.0 Å². The molecule has 1 fully saturated rings. The first kappa shape index (κ1) is 13.2. The number of rotatable bonds is 3. The van der Waals surface area contributed by atoms with Crippen LogP contribution in [0, 0.1) is 0 Å². The Kier molecular flexibility index (Phi) is 3.78. The number of carbonyl (C=O) groups excluding carboxylic acids is 1. The first-order valence-corrected chi connectivity index (χ1v) is 6.38. The zero-order valence-electron chi connectivity index (χ0n) is 10.6. The summed E-state index contributed by atoms with van der Waals surface area (Å²) in [7, 11) is 3.42. The van der Waals surface area contributed by atoms with Gasteiger partial charge >= 0.3 is 0 Å². The summed E-state index contributed by atoms with van der Waals surface area (Å²) >= 11 is 6.05. The minimum atomic E-state index is -0.0889. The maximum absolute atomic E-state index is 11.9. The van der Waals surface area contributed by atoms with Gasteiger partial charge in [-0.1, -0.05) is 11.6 Å². The molecule has 0 heterocycles. The van der Waals surface area contributed by atoms with E-state index in [1.807, 2.05) is 6.07 Å². The molecule has 0 bridgehead atoms. The number of hydrogen-bond donors (Lipinski definition) is 2. The molecule has 0 spiro atoms. The second-order valence-electron chi connectivity index (χ2n) is 4.97. The van der Waals surface area contributed by atoms with Gasteiger partial charge in [0, 0.05) is 31.9 Å². The molecule has 1 amide bonds. The molecule has 3 N–H and O–H groups in total. The SMILES string of the molecule is CN(C)C(=O)c1cc(NC2CC(N)C2)ccc1Cl. The third-order valence-corrected chi connectivity index (χ3v) is 3.48. The minimum Gasteiger partial charge on any atom is -0.382 e. The van der Waals surface area contributed by atoms with Gasteiger partial charge in [-0.2, -0.15) is 0 Å². The van der Waals surface area contributed by atoms with E-state index in [9.17, 15) is 4.79 Å². The van der Waals surface area contributed by atoms with Crippen molar-refractivity contribution in [1.82, 2.24) is 4.90 Å². The number of hydrogen-bond acceptors (Lipinski definition) is 3. The number of halogens is 1. The van der Waals surface area contributed by atoms with Gasteiger partial charge in [-0.25, -0.2) is 0 Å². The molecule has 1 aliphatic rings. The number of nitrogens with two attached hydrogens (primary N) is 1. The van der Waals surface area contributed by atoms with Gasteiger partial charge in [0.15, 0.2) is 0 Å². The molecule has 98 valence electrons. The summed E-state index contributed by atoms with van der Waals surface area (Å²) < 4.78 is 0. The van der Waals surface area contributed by atoms with E-state index >= 15 is 0 Å². The van der Waals surface area contributed by atoms with Gasteiger partial charge in [-0.05, 0) is 31.0 Å². The number of amides is 1. The molecular weight excluding hydrogens is 250 g/mol. The van der Waals surface area contributed by atoms with Crippen molar-refractivity contribution >= 4 is 23.2 Å². The van der Waals surface area contributed by atoms with E-state index < -0.39 is 0 Å². The second-order valence-corrected chi connectivity index (χ2v) is 5.37. The second kappa shape index (κ2) is 5.16. The average molecular weight is 268 g/mol. The van der Waals surface area contributed by atoms with E-state index in [1.165, 1.54) is 4.90 Å². The summed E-state index contributed by atoms with van der Waals surface area (Å²) in [4.78, 5) is 13.5. The Labute approximate surface area is 112 Å². The highest BCUT2D eigenvalue weighted by atomic mass is 35.5. The van der Waals surface area contributed by atoms with Crippen LogP contribution in [0.15, 0.2) is 18.2 Å². The first-order chi connectivity index (χ1) is 8.47. The van der Waals surface area contributed by atoms with Crippen molar-refractivity contribution in [3.8, 4) is 0 Å². The maximum Gasteiger partial charge on any atom is 0.254 e. The van der Waals surface area contributed by atoms with Crippen LogP contribution >= 0.6 is 11.6 Å². The monoisotopic (exact) mass is 267 g/mol. The Morgan fingerprint density at radius 2 is 2.11 bits per heavy atom. The highest BCUT2D eigenvalue weighted by molar-refractivity contribution is 6.34. The predicted octanol–water partition coefficient (Wildman–Crippen LogP) is 1.94. The van der Waals surface area contributed by atoms with Crippen molar-refractivity contribution in [2.24, 2.45) is 5.73 Å². The number of anilines is 1. The molecule has 0 atom stereocenters. The summed E-state index contributed by atoms with van der Waals surface area (Å²) in [5, 5.41) is 3.84. The molecule has 0 aromatic heterocycles. The fourth-order valence-electron chi connectivity index (χ4n) is 2.04. The summed E-state index contributed by atoms with van der Waals surface area (Å²) in [5.41, 5.74) is 7.18. The molecular formula is C13H18ClN3O. The third kappa shape index (κ3) is 2.76. The minimum absolute atomic E-state index is 0.0889. The summed E-state index contributed by atoms with van der Waals surface area (Å²) in [5.74, 6) is -0.0889. The molecule has 18 heavy (non-hydrogen) atoms. The van der Waals surface area contributed by atoms with Crippen molar-refractivity contribution in [1.29, 1.82) is 0 Å². The molecule has 1 aromatic carbocycles. The molecule has 0 aliphatic heterocycles. The molecule has 4 nitrogen and oxygen atoms in total. The predicted molar refractivity (Wildman–Crippen MR) is 74.1 cm³/mol. The van der Waals surface area contributed by atoms with Crippen LogP contribution in [0.2, 0.25) is 5.02 Å². The van der Waals surface area contributed by atoms with Gasteiger partial charge in [-0.15, -0.1) is 0 Å². The zero-order valence-corrected chi connectivity index (χ0v) is 11.4. The standard InChI is InChI=1S/C13H18ClN3O/c1-17(2)13(18)11-7-9(3-4-12(11)14)16-10-5-8(15)6-10/h3-4,7-8,10,16H,5-6,15H2,1-2H3. The van der Waals surface area contributed by atoms with Gasteiger partial charge in [0.05, 0.1) is 10.6 Å². The van der Waals surface area contributed by atoms with Crippen molar-refractivity contribution < 1.29 is 4.79 Å². The van der Waals surface area contributed by atoms with Crippen LogP contribution in [0.25, 0.3) is 0 Å². The molecule has 1 aromatic rings. The third-order valence-electron chi connectivity index (χ3n) is 3.15. The molecule has 0 saturated heterocycles. The van der Waals surface area contributed by atoms with Crippen molar-refractivity contribution in [2.75, 3.05) is 19.4 Å². The van der Waals surface area contributed by atoms with Crippen LogP contribution in [0.5, 0.6) is 0 Å².